The highest BCUT2D eigenvalue weighted by Crippen LogP contribution is 2.11. The third-order valence-electron chi connectivity index (χ3n) is 2.15. The largest absolute Gasteiger partial charge is 0.378 e. The maximum absolute atomic E-state index is 11.5. The molecule has 1 unspecified atom stereocenters. The number of nitrogens with two attached hydrogens (primary N) is 1. The predicted molar refractivity (Wildman–Crippen MR) is 58.2 cm³/mol. The minimum absolute atomic E-state index is 0.469. The summed E-state index contributed by atoms with van der Waals surface area (Å²) in [5.41, 5.74) is 5.46. The molecule has 1 aromatic carbocycles. The Morgan fingerprint density at radius 3 is 2.38 bits per heavy atom. The first kappa shape index (κ1) is 12.2. The third-order valence-corrected chi connectivity index (χ3v) is 2.15. The second-order valence-electron chi connectivity index (χ2n) is 3.45. The van der Waals surface area contributed by atoms with Crippen molar-refractivity contribution >= 4 is 11.8 Å². The van der Waals surface area contributed by atoms with Crippen LogP contribution < -0.4 is 11.1 Å². The predicted octanol–water partition coefficient (Wildman–Crippen LogP) is -0.290. The summed E-state index contributed by atoms with van der Waals surface area (Å²) in [7, 11) is 0. The van der Waals surface area contributed by atoms with Crippen molar-refractivity contribution in [1.29, 1.82) is 0 Å². The molecule has 0 aromatic heterocycles. The molecule has 0 heterocycles. The van der Waals surface area contributed by atoms with E-state index in [4.69, 9.17) is 5.73 Å². The Morgan fingerprint density at radius 2 is 1.88 bits per heavy atom. The van der Waals surface area contributed by atoms with Crippen molar-refractivity contribution in [2.75, 3.05) is 0 Å². The molecule has 0 radical (unpaired) electrons. The van der Waals surface area contributed by atoms with Crippen LogP contribution in [0.3, 0.4) is 0 Å². The Bertz CT molecular complexity index is 378. The van der Waals surface area contributed by atoms with Gasteiger partial charge in [-0.05, 0) is 12.5 Å². The van der Waals surface area contributed by atoms with Crippen molar-refractivity contribution in [3.63, 3.8) is 0 Å². The topological polar surface area (TPSA) is 92.4 Å². The molecule has 1 aromatic rings. The molecule has 0 fully saturated rings. The van der Waals surface area contributed by atoms with Gasteiger partial charge in [0.05, 0.1) is 0 Å². The quantitative estimate of drug-likeness (QED) is 0.653. The summed E-state index contributed by atoms with van der Waals surface area (Å²) in [5.74, 6) is -1.29. The number of hydrogen-bond donors (Lipinski definition) is 3. The van der Waals surface area contributed by atoms with Crippen LogP contribution in [0.2, 0.25) is 0 Å². The van der Waals surface area contributed by atoms with Gasteiger partial charge in [-0.2, -0.15) is 0 Å². The van der Waals surface area contributed by atoms with Crippen LogP contribution in [0.25, 0.3) is 0 Å². The molecular weight excluding hydrogens is 208 g/mol. The molecule has 0 bridgehead atoms. The van der Waals surface area contributed by atoms with E-state index >= 15 is 0 Å². The van der Waals surface area contributed by atoms with E-state index in [0.717, 1.165) is 0 Å². The average Bonchev–Trinajstić information content (AvgIpc) is 2.28. The summed E-state index contributed by atoms with van der Waals surface area (Å²) < 4.78 is 0. The summed E-state index contributed by atoms with van der Waals surface area (Å²) in [6.45, 7) is 1.46. The van der Waals surface area contributed by atoms with Crippen LogP contribution in [0.1, 0.15) is 18.6 Å². The van der Waals surface area contributed by atoms with Crippen molar-refractivity contribution in [1.82, 2.24) is 5.32 Å². The second kappa shape index (κ2) is 5.27. The Labute approximate surface area is 93.3 Å². The van der Waals surface area contributed by atoms with Gasteiger partial charge in [0.25, 0.3) is 5.91 Å². The van der Waals surface area contributed by atoms with Crippen LogP contribution in [0.5, 0.6) is 0 Å². The number of primary amides is 1. The normalized spacial score (nSPS) is 13.9. The van der Waals surface area contributed by atoms with Crippen LogP contribution >= 0.6 is 0 Å². The highest BCUT2D eigenvalue weighted by atomic mass is 16.3. The first-order valence-electron chi connectivity index (χ1n) is 4.85. The van der Waals surface area contributed by atoms with E-state index in [-0.39, 0.29) is 0 Å². The highest BCUT2D eigenvalue weighted by molar-refractivity contribution is 5.88. The van der Waals surface area contributed by atoms with Crippen LogP contribution in [-0.2, 0) is 9.59 Å². The molecule has 1 rings (SSSR count). The first-order chi connectivity index (χ1) is 7.52. The summed E-state index contributed by atoms with van der Waals surface area (Å²) >= 11 is 0. The van der Waals surface area contributed by atoms with Crippen molar-refractivity contribution < 1.29 is 14.7 Å². The SMILES string of the molecule is CC(NC(=O)[C@H](O)c1ccccc1)C(N)=O. The lowest BCUT2D eigenvalue weighted by Crippen LogP contribution is -2.44. The van der Waals surface area contributed by atoms with E-state index in [9.17, 15) is 14.7 Å². The number of nitrogens with one attached hydrogen (secondary N) is 1. The molecule has 0 spiro atoms. The van der Waals surface area contributed by atoms with Crippen LogP contribution in [-0.4, -0.2) is 23.0 Å². The van der Waals surface area contributed by atoms with E-state index in [1.54, 1.807) is 30.3 Å². The van der Waals surface area contributed by atoms with Crippen molar-refractivity contribution in [3.8, 4) is 0 Å². The summed E-state index contributed by atoms with van der Waals surface area (Å²) in [6.07, 6.45) is -1.29. The third kappa shape index (κ3) is 3.06. The smallest absolute Gasteiger partial charge is 0.254 e. The monoisotopic (exact) mass is 222 g/mol. The number of carbonyl (C=O) groups is 2. The molecule has 2 amide bonds. The zero-order chi connectivity index (χ0) is 12.1. The summed E-state index contributed by atoms with van der Waals surface area (Å²) in [6, 6.07) is 7.65. The highest BCUT2D eigenvalue weighted by Gasteiger charge is 2.20. The lowest BCUT2D eigenvalue weighted by Gasteiger charge is -2.14. The fourth-order valence-corrected chi connectivity index (χ4v) is 1.15. The van der Waals surface area contributed by atoms with Gasteiger partial charge in [0.1, 0.15) is 6.04 Å². The molecule has 16 heavy (non-hydrogen) atoms. The average molecular weight is 222 g/mol. The fraction of sp³-hybridized carbons (Fsp3) is 0.273. The number of carbonyl (C=O) groups excluding carboxylic acids is 2. The molecule has 5 heteroatoms. The Balaban J connectivity index is 2.65. The molecule has 0 aliphatic heterocycles. The maximum atomic E-state index is 11.5. The van der Waals surface area contributed by atoms with Crippen molar-refractivity contribution in [2.24, 2.45) is 5.73 Å². The van der Waals surface area contributed by atoms with Gasteiger partial charge in [-0.25, -0.2) is 0 Å². The Morgan fingerprint density at radius 1 is 1.31 bits per heavy atom. The molecule has 0 saturated heterocycles. The van der Waals surface area contributed by atoms with Gasteiger partial charge in [0.15, 0.2) is 6.10 Å². The van der Waals surface area contributed by atoms with E-state index in [1.165, 1.54) is 6.92 Å². The van der Waals surface area contributed by atoms with Gasteiger partial charge in [0.2, 0.25) is 5.91 Å². The first-order valence-corrected chi connectivity index (χ1v) is 4.85. The van der Waals surface area contributed by atoms with E-state index < -0.39 is 24.0 Å². The van der Waals surface area contributed by atoms with Gasteiger partial charge in [-0.1, -0.05) is 30.3 Å². The molecule has 0 aliphatic rings. The molecular formula is C11H14N2O3. The van der Waals surface area contributed by atoms with Gasteiger partial charge < -0.3 is 16.2 Å². The number of rotatable bonds is 4. The number of aliphatic hydroxyl groups is 1. The van der Waals surface area contributed by atoms with Crippen molar-refractivity contribution in [2.45, 2.75) is 19.1 Å². The fourth-order valence-electron chi connectivity index (χ4n) is 1.15. The zero-order valence-corrected chi connectivity index (χ0v) is 8.88. The van der Waals surface area contributed by atoms with Crippen LogP contribution in [0, 0.1) is 0 Å². The minimum Gasteiger partial charge on any atom is -0.378 e. The van der Waals surface area contributed by atoms with Gasteiger partial charge >= 0.3 is 0 Å². The standard InChI is InChI=1S/C11H14N2O3/c1-7(10(12)15)13-11(16)9(14)8-5-3-2-4-6-8/h2-7,9,14H,1H3,(H2,12,15)(H,13,16)/t7?,9-/m1/s1. The Kier molecular flexibility index (Phi) is 4.02. The van der Waals surface area contributed by atoms with Crippen LogP contribution in [0.15, 0.2) is 30.3 Å². The van der Waals surface area contributed by atoms with Gasteiger partial charge in [-0.15, -0.1) is 0 Å². The van der Waals surface area contributed by atoms with Crippen LogP contribution in [0.4, 0.5) is 0 Å². The maximum Gasteiger partial charge on any atom is 0.254 e. The van der Waals surface area contributed by atoms with Gasteiger partial charge in [-0.3, -0.25) is 9.59 Å². The van der Waals surface area contributed by atoms with E-state index in [1.807, 2.05) is 0 Å². The molecule has 5 nitrogen and oxygen atoms in total. The summed E-state index contributed by atoms with van der Waals surface area (Å²) in [5, 5.41) is 12.0. The minimum atomic E-state index is -1.29. The lowest BCUT2D eigenvalue weighted by molar-refractivity contribution is -0.133. The van der Waals surface area contributed by atoms with Crippen molar-refractivity contribution in [3.05, 3.63) is 35.9 Å². The van der Waals surface area contributed by atoms with E-state index in [0.29, 0.717) is 5.56 Å². The molecule has 0 aliphatic carbocycles. The molecule has 4 N–H and O–H groups in total. The molecule has 86 valence electrons. The molecule has 0 saturated carbocycles. The zero-order valence-electron chi connectivity index (χ0n) is 8.88. The summed E-state index contributed by atoms with van der Waals surface area (Å²) in [4.78, 5) is 22.2. The lowest BCUT2D eigenvalue weighted by atomic mass is 10.1. The number of benzene rings is 1. The Hall–Kier alpha value is -1.88. The second-order valence-corrected chi connectivity index (χ2v) is 3.45. The van der Waals surface area contributed by atoms with Gasteiger partial charge in [0, 0.05) is 0 Å². The number of aliphatic hydroxyl groups excluding tert-OH is 1. The molecule has 2 atom stereocenters. The number of hydrogen-bond acceptors (Lipinski definition) is 3. The number of amides is 2. The van der Waals surface area contributed by atoms with E-state index in [2.05, 4.69) is 5.32 Å².